The summed E-state index contributed by atoms with van der Waals surface area (Å²) in [7, 11) is -0.444. The highest BCUT2D eigenvalue weighted by Gasteiger charge is 2.51. The molecule has 4 aromatic rings. The van der Waals surface area contributed by atoms with Crippen molar-refractivity contribution in [2.45, 2.75) is 38.9 Å². The van der Waals surface area contributed by atoms with Gasteiger partial charge in [-0.05, 0) is 80.7 Å². The zero-order valence-electron chi connectivity index (χ0n) is 20.2. The molecule has 1 saturated heterocycles. The van der Waals surface area contributed by atoms with Crippen LogP contribution in [0, 0.1) is 0 Å². The lowest BCUT2D eigenvalue weighted by Crippen LogP contribution is -2.41. The monoisotopic (exact) mass is 447 g/mol. The maximum Gasteiger partial charge on any atom is 0.494 e. The fourth-order valence-electron chi connectivity index (χ4n) is 4.28. The SMILES string of the molecule is CC1(C)OB(c2cc(-c3ccccc3)cc(N(c3ccccc3)c3ccccc3)c2)OC1(C)C. The lowest BCUT2D eigenvalue weighted by Gasteiger charge is -2.32. The fourth-order valence-corrected chi connectivity index (χ4v) is 4.28. The van der Waals surface area contributed by atoms with Gasteiger partial charge in [-0.1, -0.05) is 72.8 Å². The van der Waals surface area contributed by atoms with Crippen molar-refractivity contribution < 1.29 is 9.31 Å². The van der Waals surface area contributed by atoms with Crippen LogP contribution in [0.5, 0.6) is 0 Å². The van der Waals surface area contributed by atoms with Crippen molar-refractivity contribution in [3.05, 3.63) is 109 Å². The third kappa shape index (κ3) is 4.27. The van der Waals surface area contributed by atoms with Crippen LogP contribution in [0.3, 0.4) is 0 Å². The van der Waals surface area contributed by atoms with Crippen LogP contribution in [0.1, 0.15) is 27.7 Å². The summed E-state index contributed by atoms with van der Waals surface area (Å²) in [4.78, 5) is 2.28. The highest BCUT2D eigenvalue weighted by molar-refractivity contribution is 6.62. The molecule has 34 heavy (non-hydrogen) atoms. The Bertz CT molecular complexity index is 1200. The predicted octanol–water partition coefficient (Wildman–Crippen LogP) is 7.12. The fraction of sp³-hybridized carbons (Fsp3) is 0.200. The molecule has 0 atom stereocenters. The number of hydrogen-bond acceptors (Lipinski definition) is 3. The Kier molecular flexibility index (Phi) is 5.80. The Morgan fingerprint density at radius 1 is 0.529 bits per heavy atom. The quantitative estimate of drug-likeness (QED) is 0.304. The average molecular weight is 447 g/mol. The summed E-state index contributed by atoms with van der Waals surface area (Å²) in [5.74, 6) is 0. The maximum absolute atomic E-state index is 6.45. The first-order chi connectivity index (χ1) is 16.3. The molecular weight excluding hydrogens is 417 g/mol. The summed E-state index contributed by atoms with van der Waals surface area (Å²) >= 11 is 0. The summed E-state index contributed by atoms with van der Waals surface area (Å²) in [5, 5.41) is 0. The molecule has 4 heteroatoms. The molecule has 5 rings (SSSR count). The van der Waals surface area contributed by atoms with Gasteiger partial charge in [0.05, 0.1) is 11.2 Å². The van der Waals surface area contributed by atoms with E-state index >= 15 is 0 Å². The minimum absolute atomic E-state index is 0.404. The Balaban J connectivity index is 1.69. The van der Waals surface area contributed by atoms with E-state index in [0.29, 0.717) is 0 Å². The van der Waals surface area contributed by atoms with Crippen LogP contribution in [0.15, 0.2) is 109 Å². The molecule has 0 N–H and O–H groups in total. The number of hydrogen-bond donors (Lipinski definition) is 0. The molecule has 4 aromatic carbocycles. The van der Waals surface area contributed by atoms with Crippen molar-refractivity contribution >= 4 is 29.6 Å². The van der Waals surface area contributed by atoms with E-state index in [1.807, 2.05) is 18.2 Å². The predicted molar refractivity (Wildman–Crippen MR) is 142 cm³/mol. The van der Waals surface area contributed by atoms with Crippen molar-refractivity contribution in [3.63, 3.8) is 0 Å². The van der Waals surface area contributed by atoms with E-state index in [1.54, 1.807) is 0 Å². The van der Waals surface area contributed by atoms with E-state index in [9.17, 15) is 0 Å². The van der Waals surface area contributed by atoms with Crippen molar-refractivity contribution in [1.29, 1.82) is 0 Å². The van der Waals surface area contributed by atoms with E-state index in [1.165, 1.54) is 0 Å². The Labute approximate surface area is 203 Å². The van der Waals surface area contributed by atoms with Gasteiger partial charge in [-0.15, -0.1) is 0 Å². The van der Waals surface area contributed by atoms with Gasteiger partial charge in [0.25, 0.3) is 0 Å². The molecule has 3 nitrogen and oxygen atoms in total. The van der Waals surface area contributed by atoms with E-state index < -0.39 is 18.3 Å². The second-order valence-electron chi connectivity index (χ2n) is 9.77. The summed E-state index contributed by atoms with van der Waals surface area (Å²) in [5.41, 5.74) is 5.73. The second-order valence-corrected chi connectivity index (χ2v) is 9.77. The molecule has 0 saturated carbocycles. The first-order valence-electron chi connectivity index (χ1n) is 11.8. The minimum Gasteiger partial charge on any atom is -0.399 e. The third-order valence-corrected chi connectivity index (χ3v) is 6.86. The third-order valence-electron chi connectivity index (χ3n) is 6.86. The standard InChI is InChI=1S/C30H30BNO2/c1-29(2)30(3,4)34-31(33-29)25-20-24(23-14-8-5-9-15-23)21-28(22-25)32(26-16-10-6-11-17-26)27-18-12-7-13-19-27/h5-22H,1-4H3. The van der Waals surface area contributed by atoms with Gasteiger partial charge in [-0.2, -0.15) is 0 Å². The van der Waals surface area contributed by atoms with Crippen molar-refractivity contribution in [2.24, 2.45) is 0 Å². The van der Waals surface area contributed by atoms with E-state index in [4.69, 9.17) is 9.31 Å². The molecule has 1 heterocycles. The molecular formula is C30H30BNO2. The van der Waals surface area contributed by atoms with Gasteiger partial charge in [0.2, 0.25) is 0 Å². The lowest BCUT2D eigenvalue weighted by molar-refractivity contribution is 0.00578. The molecule has 170 valence electrons. The highest BCUT2D eigenvalue weighted by Crippen LogP contribution is 2.39. The topological polar surface area (TPSA) is 21.7 Å². The average Bonchev–Trinajstić information content (AvgIpc) is 3.08. The van der Waals surface area contributed by atoms with Gasteiger partial charge in [0.1, 0.15) is 0 Å². The molecule has 0 radical (unpaired) electrons. The van der Waals surface area contributed by atoms with E-state index in [2.05, 4.69) is 124 Å². The summed E-state index contributed by atoms with van der Waals surface area (Å²) in [6.07, 6.45) is 0. The van der Waals surface area contributed by atoms with Crippen LogP contribution in [0.2, 0.25) is 0 Å². The molecule has 0 spiro atoms. The molecule has 0 aliphatic carbocycles. The molecule has 0 aromatic heterocycles. The molecule has 1 aliphatic rings. The van der Waals surface area contributed by atoms with Crippen molar-refractivity contribution in [2.75, 3.05) is 4.90 Å². The maximum atomic E-state index is 6.45. The molecule has 1 aliphatic heterocycles. The van der Waals surface area contributed by atoms with E-state index in [0.717, 1.165) is 33.7 Å². The first kappa shape index (κ1) is 22.5. The number of benzene rings is 4. The molecule has 1 fully saturated rings. The van der Waals surface area contributed by atoms with Crippen molar-refractivity contribution in [3.8, 4) is 11.1 Å². The van der Waals surface area contributed by atoms with Crippen LogP contribution in [-0.4, -0.2) is 18.3 Å². The normalized spacial score (nSPS) is 16.4. The Morgan fingerprint density at radius 2 is 1.00 bits per heavy atom. The van der Waals surface area contributed by atoms with Gasteiger partial charge in [-0.3, -0.25) is 0 Å². The molecule has 0 bridgehead atoms. The van der Waals surface area contributed by atoms with Gasteiger partial charge >= 0.3 is 7.12 Å². The zero-order chi connectivity index (χ0) is 23.8. The molecule has 0 amide bonds. The second kappa shape index (κ2) is 8.79. The smallest absolute Gasteiger partial charge is 0.399 e. The number of nitrogens with zero attached hydrogens (tertiary/aromatic N) is 1. The number of rotatable bonds is 5. The Hall–Kier alpha value is -3.34. The van der Waals surface area contributed by atoms with Gasteiger partial charge in [0, 0.05) is 17.1 Å². The van der Waals surface area contributed by atoms with Gasteiger partial charge in [-0.25, -0.2) is 0 Å². The van der Waals surface area contributed by atoms with Crippen LogP contribution < -0.4 is 10.4 Å². The van der Waals surface area contributed by atoms with Gasteiger partial charge < -0.3 is 14.2 Å². The number of para-hydroxylation sites is 2. The largest absolute Gasteiger partial charge is 0.494 e. The Morgan fingerprint density at radius 3 is 1.50 bits per heavy atom. The van der Waals surface area contributed by atoms with Gasteiger partial charge in [0.15, 0.2) is 0 Å². The van der Waals surface area contributed by atoms with Crippen LogP contribution in [0.25, 0.3) is 11.1 Å². The van der Waals surface area contributed by atoms with Crippen molar-refractivity contribution in [1.82, 2.24) is 0 Å². The summed E-state index contributed by atoms with van der Waals surface area (Å²) in [6.45, 7) is 8.37. The van der Waals surface area contributed by atoms with Crippen LogP contribution >= 0.6 is 0 Å². The highest BCUT2D eigenvalue weighted by atomic mass is 16.7. The first-order valence-corrected chi connectivity index (χ1v) is 11.8. The summed E-state index contributed by atoms with van der Waals surface area (Å²) in [6, 6.07) is 38.0. The molecule has 0 unspecified atom stereocenters. The van der Waals surface area contributed by atoms with Crippen LogP contribution in [-0.2, 0) is 9.31 Å². The minimum atomic E-state index is -0.444. The zero-order valence-corrected chi connectivity index (χ0v) is 20.2. The number of anilines is 3. The lowest BCUT2D eigenvalue weighted by atomic mass is 9.77. The van der Waals surface area contributed by atoms with Crippen LogP contribution in [0.4, 0.5) is 17.1 Å². The van der Waals surface area contributed by atoms with E-state index in [-0.39, 0.29) is 0 Å². The summed E-state index contributed by atoms with van der Waals surface area (Å²) < 4.78 is 12.9.